The molecule has 1 aromatic carbocycles. The zero-order chi connectivity index (χ0) is 17.2. The van der Waals surface area contributed by atoms with Crippen molar-refractivity contribution < 1.29 is 9.00 Å². The van der Waals surface area contributed by atoms with Gasteiger partial charge in [-0.2, -0.15) is 4.36 Å². The quantitative estimate of drug-likeness (QED) is 0.833. The fourth-order valence-electron chi connectivity index (χ4n) is 2.82. The van der Waals surface area contributed by atoms with E-state index in [0.29, 0.717) is 9.92 Å². The third-order valence-electron chi connectivity index (χ3n) is 4.09. The van der Waals surface area contributed by atoms with Gasteiger partial charge >= 0.3 is 0 Å². The Bertz CT molecular complexity index is 884. The minimum Gasteiger partial charge on any atom is -0.270 e. The highest BCUT2D eigenvalue weighted by Gasteiger charge is 2.19. The number of rotatable bonds is 4. The van der Waals surface area contributed by atoms with Crippen LogP contribution in [0.3, 0.4) is 0 Å². The number of hydrogen-bond acceptors (Lipinski definition) is 4. The Morgan fingerprint density at radius 2 is 2.17 bits per heavy atom. The van der Waals surface area contributed by atoms with Crippen LogP contribution in [0.15, 0.2) is 33.5 Å². The van der Waals surface area contributed by atoms with Crippen molar-refractivity contribution in [1.29, 1.82) is 0 Å². The first-order valence-corrected chi connectivity index (χ1v) is 10.0. The van der Waals surface area contributed by atoms with Gasteiger partial charge in [0.1, 0.15) is 6.54 Å². The standard InChI is InChI=1S/C16H19ClN4O2S/c1-2-24(23,13-7-5-6-12(17)10-13)19-16(22)11-21-15-9-4-3-8-14(15)18-20-21/h5-7,10H,2-4,8-9,11H2,1H3. The Morgan fingerprint density at radius 3 is 2.92 bits per heavy atom. The summed E-state index contributed by atoms with van der Waals surface area (Å²) in [7, 11) is -2.82. The topological polar surface area (TPSA) is 77.2 Å². The summed E-state index contributed by atoms with van der Waals surface area (Å²) in [6, 6.07) is 6.69. The number of carbonyl (C=O) groups is 1. The summed E-state index contributed by atoms with van der Waals surface area (Å²) in [5.41, 5.74) is 1.95. The van der Waals surface area contributed by atoms with Crippen LogP contribution < -0.4 is 0 Å². The van der Waals surface area contributed by atoms with Crippen LogP contribution in [0.2, 0.25) is 5.02 Å². The predicted octanol–water partition coefficient (Wildman–Crippen LogP) is 2.88. The van der Waals surface area contributed by atoms with Gasteiger partial charge in [-0.05, 0) is 43.9 Å². The van der Waals surface area contributed by atoms with E-state index in [-0.39, 0.29) is 12.3 Å². The Kier molecular flexibility index (Phi) is 5.01. The van der Waals surface area contributed by atoms with Gasteiger partial charge in [0.05, 0.1) is 21.1 Å². The molecule has 0 fully saturated rings. The van der Waals surface area contributed by atoms with Gasteiger partial charge in [0.15, 0.2) is 0 Å². The molecule has 0 bridgehead atoms. The van der Waals surface area contributed by atoms with Crippen molar-refractivity contribution in [3.8, 4) is 0 Å². The van der Waals surface area contributed by atoms with E-state index in [1.54, 1.807) is 35.9 Å². The van der Waals surface area contributed by atoms with Gasteiger partial charge in [-0.25, -0.2) is 8.89 Å². The van der Waals surface area contributed by atoms with Crippen molar-refractivity contribution in [2.45, 2.75) is 44.0 Å². The second-order valence-electron chi connectivity index (χ2n) is 5.72. The molecule has 0 N–H and O–H groups in total. The van der Waals surface area contributed by atoms with Crippen LogP contribution in [0.4, 0.5) is 0 Å². The lowest BCUT2D eigenvalue weighted by molar-refractivity contribution is -0.118. The van der Waals surface area contributed by atoms with Gasteiger partial charge in [-0.3, -0.25) is 4.79 Å². The molecular weight excluding hydrogens is 348 g/mol. The lowest BCUT2D eigenvalue weighted by Crippen LogP contribution is -2.16. The summed E-state index contributed by atoms with van der Waals surface area (Å²) in [5, 5.41) is 8.65. The number of fused-ring (bicyclic) bond motifs is 1. The molecule has 1 aliphatic carbocycles. The maximum absolute atomic E-state index is 13.0. The van der Waals surface area contributed by atoms with E-state index in [1.807, 2.05) is 0 Å². The predicted molar refractivity (Wildman–Crippen MR) is 92.5 cm³/mol. The van der Waals surface area contributed by atoms with Gasteiger partial charge in [-0.15, -0.1) is 5.10 Å². The van der Waals surface area contributed by atoms with E-state index in [0.717, 1.165) is 37.1 Å². The van der Waals surface area contributed by atoms with E-state index in [9.17, 15) is 9.00 Å². The summed E-state index contributed by atoms with van der Waals surface area (Å²) in [6.45, 7) is 1.72. The fraction of sp³-hybridized carbons (Fsp3) is 0.438. The van der Waals surface area contributed by atoms with Crippen LogP contribution in [-0.2, 0) is 33.9 Å². The molecule has 1 unspecified atom stereocenters. The first-order valence-electron chi connectivity index (χ1n) is 7.96. The summed E-state index contributed by atoms with van der Waals surface area (Å²) < 4.78 is 18.6. The molecule has 1 amide bonds. The largest absolute Gasteiger partial charge is 0.275 e. The third-order valence-corrected chi connectivity index (χ3v) is 6.59. The van der Waals surface area contributed by atoms with Crippen molar-refractivity contribution in [1.82, 2.24) is 15.0 Å². The number of carbonyl (C=O) groups excluding carboxylic acids is 1. The Balaban J connectivity index is 1.87. The first kappa shape index (κ1) is 17.1. The van der Waals surface area contributed by atoms with Crippen molar-refractivity contribution in [3.63, 3.8) is 0 Å². The van der Waals surface area contributed by atoms with Crippen LogP contribution in [0.1, 0.15) is 31.2 Å². The lowest BCUT2D eigenvalue weighted by atomic mass is 10.0. The molecule has 1 atom stereocenters. The van der Waals surface area contributed by atoms with Gasteiger partial charge in [0, 0.05) is 15.7 Å². The SMILES string of the molecule is CCS(=O)(=NC(=O)Cn1nnc2c1CCCC2)c1cccc(Cl)c1. The number of aromatic nitrogens is 3. The maximum Gasteiger partial charge on any atom is 0.275 e. The van der Waals surface area contributed by atoms with Crippen molar-refractivity contribution in [2.24, 2.45) is 4.36 Å². The van der Waals surface area contributed by atoms with Gasteiger partial charge < -0.3 is 0 Å². The number of aryl methyl sites for hydroxylation is 1. The molecule has 8 heteroatoms. The number of amides is 1. The smallest absolute Gasteiger partial charge is 0.270 e. The average molecular weight is 367 g/mol. The van der Waals surface area contributed by atoms with Crippen LogP contribution in [-0.4, -0.2) is 30.9 Å². The molecule has 1 heterocycles. The van der Waals surface area contributed by atoms with Gasteiger partial charge in [0.25, 0.3) is 5.91 Å². The molecule has 1 aromatic heterocycles. The van der Waals surface area contributed by atoms with E-state index >= 15 is 0 Å². The fourth-order valence-corrected chi connectivity index (χ4v) is 4.63. The van der Waals surface area contributed by atoms with E-state index in [2.05, 4.69) is 14.7 Å². The lowest BCUT2D eigenvalue weighted by Gasteiger charge is -2.11. The second kappa shape index (κ2) is 7.03. The molecule has 3 rings (SSSR count). The van der Waals surface area contributed by atoms with Crippen LogP contribution >= 0.6 is 11.6 Å². The molecular formula is C16H19ClN4O2S. The highest BCUT2D eigenvalue weighted by molar-refractivity contribution is 7.93. The first-order chi connectivity index (χ1) is 11.5. The van der Waals surface area contributed by atoms with Crippen molar-refractivity contribution >= 4 is 27.2 Å². The van der Waals surface area contributed by atoms with Crippen molar-refractivity contribution in [3.05, 3.63) is 40.7 Å². The molecule has 128 valence electrons. The monoisotopic (exact) mass is 366 g/mol. The average Bonchev–Trinajstić information content (AvgIpc) is 2.98. The molecule has 0 saturated heterocycles. The van der Waals surface area contributed by atoms with E-state index < -0.39 is 15.6 Å². The minimum atomic E-state index is -2.82. The number of nitrogens with zero attached hydrogens (tertiary/aromatic N) is 4. The zero-order valence-corrected chi connectivity index (χ0v) is 15.0. The number of halogens is 1. The second-order valence-corrected chi connectivity index (χ2v) is 8.67. The molecule has 6 nitrogen and oxygen atoms in total. The van der Waals surface area contributed by atoms with Crippen LogP contribution in [0.25, 0.3) is 0 Å². The highest BCUT2D eigenvalue weighted by Crippen LogP contribution is 2.20. The highest BCUT2D eigenvalue weighted by atomic mass is 35.5. The molecule has 0 aliphatic heterocycles. The summed E-state index contributed by atoms with van der Waals surface area (Å²) >= 11 is 5.96. The Hall–Kier alpha value is -1.73. The summed E-state index contributed by atoms with van der Waals surface area (Å²) in [5.74, 6) is -0.214. The molecule has 2 aromatic rings. The molecule has 0 radical (unpaired) electrons. The third kappa shape index (κ3) is 3.52. The van der Waals surface area contributed by atoms with Gasteiger partial charge in [-0.1, -0.05) is 29.8 Å². The van der Waals surface area contributed by atoms with Crippen molar-refractivity contribution in [2.75, 3.05) is 5.75 Å². The summed E-state index contributed by atoms with van der Waals surface area (Å²) in [4.78, 5) is 12.8. The maximum atomic E-state index is 13.0. The molecule has 24 heavy (non-hydrogen) atoms. The zero-order valence-electron chi connectivity index (χ0n) is 13.4. The van der Waals surface area contributed by atoms with Crippen LogP contribution in [0, 0.1) is 0 Å². The van der Waals surface area contributed by atoms with Gasteiger partial charge in [0.2, 0.25) is 0 Å². The Morgan fingerprint density at radius 1 is 1.38 bits per heavy atom. The Labute approximate surface area is 146 Å². The number of hydrogen-bond donors (Lipinski definition) is 0. The summed E-state index contributed by atoms with van der Waals surface area (Å²) in [6.07, 6.45) is 3.93. The molecule has 0 saturated carbocycles. The number of benzene rings is 1. The van der Waals surface area contributed by atoms with E-state index in [1.165, 1.54) is 0 Å². The van der Waals surface area contributed by atoms with E-state index in [4.69, 9.17) is 11.6 Å². The van der Waals surface area contributed by atoms with Crippen LogP contribution in [0.5, 0.6) is 0 Å². The normalized spacial score (nSPS) is 16.2. The molecule has 1 aliphatic rings. The minimum absolute atomic E-state index is 0.0279. The molecule has 0 spiro atoms.